The zero-order valence-corrected chi connectivity index (χ0v) is 10.7. The summed E-state index contributed by atoms with van der Waals surface area (Å²) in [6.07, 6.45) is 1.84. The Hall–Kier alpha value is -1.91. The predicted molar refractivity (Wildman–Crippen MR) is 68.1 cm³/mol. The standard InChI is InChI=1S/C15H13F3N2/c16-15(17,18)12-5-3-11(4-6-12)14(7-1-8-14)13-19-9-2-10-20-13/h2-6,9-10H,1,7-8H2. The quantitative estimate of drug-likeness (QED) is 0.830. The van der Waals surface area contributed by atoms with Crippen molar-refractivity contribution in [2.24, 2.45) is 0 Å². The molecule has 1 aromatic carbocycles. The normalized spacial score (nSPS) is 17.6. The third kappa shape index (κ3) is 2.07. The van der Waals surface area contributed by atoms with Gasteiger partial charge in [0.15, 0.2) is 0 Å². The molecule has 0 atom stereocenters. The molecular formula is C15H13F3N2. The van der Waals surface area contributed by atoms with Crippen LogP contribution in [0.4, 0.5) is 13.2 Å². The molecule has 104 valence electrons. The van der Waals surface area contributed by atoms with Crippen molar-refractivity contribution in [1.82, 2.24) is 9.97 Å². The van der Waals surface area contributed by atoms with Crippen LogP contribution in [0.3, 0.4) is 0 Å². The smallest absolute Gasteiger partial charge is 0.240 e. The van der Waals surface area contributed by atoms with Crippen molar-refractivity contribution in [3.8, 4) is 0 Å². The molecule has 1 aliphatic carbocycles. The van der Waals surface area contributed by atoms with Crippen molar-refractivity contribution in [1.29, 1.82) is 0 Å². The van der Waals surface area contributed by atoms with E-state index >= 15 is 0 Å². The molecule has 1 heterocycles. The Morgan fingerprint density at radius 3 is 2.00 bits per heavy atom. The van der Waals surface area contributed by atoms with E-state index in [4.69, 9.17) is 0 Å². The van der Waals surface area contributed by atoms with E-state index in [1.165, 1.54) is 0 Å². The zero-order valence-electron chi connectivity index (χ0n) is 10.7. The van der Waals surface area contributed by atoms with Crippen molar-refractivity contribution in [2.75, 3.05) is 0 Å². The maximum absolute atomic E-state index is 12.6. The molecule has 0 spiro atoms. The van der Waals surface area contributed by atoms with Crippen molar-refractivity contribution >= 4 is 0 Å². The van der Waals surface area contributed by atoms with Crippen LogP contribution in [-0.4, -0.2) is 9.97 Å². The first kappa shape index (κ1) is 13.1. The van der Waals surface area contributed by atoms with Crippen LogP contribution in [0.5, 0.6) is 0 Å². The molecule has 1 saturated carbocycles. The molecule has 0 N–H and O–H groups in total. The van der Waals surface area contributed by atoms with Gasteiger partial charge in [-0.3, -0.25) is 0 Å². The van der Waals surface area contributed by atoms with Gasteiger partial charge >= 0.3 is 6.18 Å². The first-order valence-electron chi connectivity index (χ1n) is 6.48. The third-order valence-electron chi connectivity index (χ3n) is 3.97. The molecule has 5 heteroatoms. The van der Waals surface area contributed by atoms with Crippen molar-refractivity contribution in [3.05, 3.63) is 59.7 Å². The first-order chi connectivity index (χ1) is 9.52. The average molecular weight is 278 g/mol. The number of aromatic nitrogens is 2. The average Bonchev–Trinajstić information content (AvgIpc) is 2.38. The van der Waals surface area contributed by atoms with Crippen LogP contribution in [0.1, 0.15) is 36.2 Å². The van der Waals surface area contributed by atoms with Crippen LogP contribution in [0.25, 0.3) is 0 Å². The van der Waals surface area contributed by atoms with Gasteiger partial charge in [0.2, 0.25) is 0 Å². The van der Waals surface area contributed by atoms with Gasteiger partial charge in [0, 0.05) is 12.4 Å². The Morgan fingerprint density at radius 1 is 0.950 bits per heavy atom. The fourth-order valence-corrected chi connectivity index (χ4v) is 2.70. The van der Waals surface area contributed by atoms with Gasteiger partial charge < -0.3 is 0 Å². The number of rotatable bonds is 2. The summed E-state index contributed by atoms with van der Waals surface area (Å²) < 4.78 is 37.8. The number of benzene rings is 1. The van der Waals surface area contributed by atoms with E-state index in [0.717, 1.165) is 37.0 Å². The SMILES string of the molecule is FC(F)(F)c1ccc(C2(c3ncccn3)CCC2)cc1. The number of alkyl halides is 3. The minimum atomic E-state index is -4.30. The Labute approximate surface area is 114 Å². The Balaban J connectivity index is 1.99. The predicted octanol–water partition coefficient (Wildman–Crippen LogP) is 3.97. The molecule has 3 rings (SSSR count). The van der Waals surface area contributed by atoms with E-state index in [1.807, 2.05) is 0 Å². The van der Waals surface area contributed by atoms with Gasteiger partial charge in [-0.25, -0.2) is 9.97 Å². The summed E-state index contributed by atoms with van der Waals surface area (Å²) in [7, 11) is 0. The van der Waals surface area contributed by atoms with E-state index < -0.39 is 11.7 Å². The van der Waals surface area contributed by atoms with E-state index in [1.54, 1.807) is 30.6 Å². The molecule has 0 bridgehead atoms. The Morgan fingerprint density at radius 2 is 1.55 bits per heavy atom. The summed E-state index contributed by atoms with van der Waals surface area (Å²) in [6, 6.07) is 7.12. The van der Waals surface area contributed by atoms with E-state index in [0.29, 0.717) is 5.82 Å². The minimum Gasteiger partial charge on any atom is -0.240 e. The lowest BCUT2D eigenvalue weighted by atomic mass is 9.63. The highest BCUT2D eigenvalue weighted by atomic mass is 19.4. The summed E-state index contributed by atoms with van der Waals surface area (Å²) in [4.78, 5) is 8.57. The monoisotopic (exact) mass is 278 g/mol. The van der Waals surface area contributed by atoms with Gasteiger partial charge in [-0.1, -0.05) is 18.6 Å². The lowest BCUT2D eigenvalue weighted by Gasteiger charge is -2.41. The van der Waals surface area contributed by atoms with Gasteiger partial charge in [0.25, 0.3) is 0 Å². The maximum Gasteiger partial charge on any atom is 0.416 e. The van der Waals surface area contributed by atoms with E-state index in [-0.39, 0.29) is 5.41 Å². The highest BCUT2D eigenvalue weighted by molar-refractivity contribution is 5.37. The van der Waals surface area contributed by atoms with Gasteiger partial charge in [-0.2, -0.15) is 13.2 Å². The van der Waals surface area contributed by atoms with E-state index in [2.05, 4.69) is 9.97 Å². The molecule has 0 unspecified atom stereocenters. The zero-order chi connectivity index (χ0) is 14.2. The molecule has 1 aromatic heterocycles. The molecule has 0 aliphatic heterocycles. The molecule has 0 amide bonds. The fourth-order valence-electron chi connectivity index (χ4n) is 2.70. The molecule has 0 radical (unpaired) electrons. The highest BCUT2D eigenvalue weighted by Gasteiger charge is 2.43. The van der Waals surface area contributed by atoms with Crippen LogP contribution in [0, 0.1) is 0 Å². The van der Waals surface area contributed by atoms with Gasteiger partial charge in [-0.05, 0) is 36.6 Å². The number of hydrogen-bond acceptors (Lipinski definition) is 2. The number of hydrogen-bond donors (Lipinski definition) is 0. The first-order valence-corrected chi connectivity index (χ1v) is 6.48. The molecule has 0 saturated heterocycles. The molecule has 1 fully saturated rings. The van der Waals surface area contributed by atoms with Crippen LogP contribution in [-0.2, 0) is 11.6 Å². The molecule has 2 aromatic rings. The summed E-state index contributed by atoms with van der Waals surface area (Å²) in [5.74, 6) is 0.700. The summed E-state index contributed by atoms with van der Waals surface area (Å²) in [5, 5.41) is 0. The van der Waals surface area contributed by atoms with Crippen molar-refractivity contribution in [3.63, 3.8) is 0 Å². The second kappa shape index (κ2) is 4.58. The van der Waals surface area contributed by atoms with Gasteiger partial charge in [0.1, 0.15) is 5.82 Å². The van der Waals surface area contributed by atoms with Crippen LogP contribution in [0.2, 0.25) is 0 Å². The number of nitrogens with zero attached hydrogens (tertiary/aromatic N) is 2. The second-order valence-corrected chi connectivity index (χ2v) is 5.08. The minimum absolute atomic E-state index is 0.314. The number of halogens is 3. The maximum atomic E-state index is 12.6. The fraction of sp³-hybridized carbons (Fsp3) is 0.333. The van der Waals surface area contributed by atoms with Crippen LogP contribution < -0.4 is 0 Å². The van der Waals surface area contributed by atoms with Crippen LogP contribution in [0.15, 0.2) is 42.7 Å². The lowest BCUT2D eigenvalue weighted by Crippen LogP contribution is -2.37. The molecule has 2 nitrogen and oxygen atoms in total. The molecule has 1 aliphatic rings. The molecular weight excluding hydrogens is 265 g/mol. The largest absolute Gasteiger partial charge is 0.416 e. The topological polar surface area (TPSA) is 25.8 Å². The van der Waals surface area contributed by atoms with Gasteiger partial charge in [-0.15, -0.1) is 0 Å². The third-order valence-corrected chi connectivity index (χ3v) is 3.97. The summed E-state index contributed by atoms with van der Waals surface area (Å²) in [6.45, 7) is 0. The summed E-state index contributed by atoms with van der Waals surface area (Å²) in [5.41, 5.74) is -0.0709. The Bertz CT molecular complexity index is 587. The van der Waals surface area contributed by atoms with Gasteiger partial charge in [0.05, 0.1) is 11.0 Å². The van der Waals surface area contributed by atoms with E-state index in [9.17, 15) is 13.2 Å². The van der Waals surface area contributed by atoms with Crippen molar-refractivity contribution < 1.29 is 13.2 Å². The van der Waals surface area contributed by atoms with Crippen LogP contribution >= 0.6 is 0 Å². The highest BCUT2D eigenvalue weighted by Crippen LogP contribution is 2.47. The molecule has 20 heavy (non-hydrogen) atoms. The summed E-state index contributed by atoms with van der Waals surface area (Å²) >= 11 is 0. The Kier molecular flexibility index (Phi) is 3.00. The second-order valence-electron chi connectivity index (χ2n) is 5.08. The lowest BCUT2D eigenvalue weighted by molar-refractivity contribution is -0.137. The van der Waals surface area contributed by atoms with Crippen molar-refractivity contribution in [2.45, 2.75) is 30.9 Å².